The van der Waals surface area contributed by atoms with Crippen molar-refractivity contribution in [2.75, 3.05) is 5.43 Å². The molecule has 5 heteroatoms. The Morgan fingerprint density at radius 3 is 2.63 bits per heavy atom. The maximum atomic E-state index is 11.5. The third-order valence-electron chi connectivity index (χ3n) is 2.67. The molecule has 4 nitrogen and oxygen atoms in total. The molecule has 0 amide bonds. The summed E-state index contributed by atoms with van der Waals surface area (Å²) in [6.45, 7) is 2.11. The summed E-state index contributed by atoms with van der Waals surface area (Å²) in [5.41, 5.74) is 4.91. The highest BCUT2D eigenvalue weighted by molar-refractivity contribution is 7.96. The zero-order chi connectivity index (χ0) is 13.7. The first-order chi connectivity index (χ1) is 9.19. The average molecular weight is 274 g/mol. The molecule has 1 aromatic heterocycles. The molecule has 0 fully saturated rings. The van der Waals surface area contributed by atoms with Gasteiger partial charge < -0.3 is 0 Å². The van der Waals surface area contributed by atoms with Crippen LogP contribution in [-0.4, -0.2) is 9.84 Å². The molecule has 0 saturated carbocycles. The Morgan fingerprint density at radius 1 is 1.26 bits per heavy atom. The van der Waals surface area contributed by atoms with E-state index in [0.717, 1.165) is 12.1 Å². The Kier molecular flexibility index (Phi) is 4.41. The molecule has 2 N–H and O–H groups in total. The first-order valence-electron chi connectivity index (χ1n) is 6.05. The van der Waals surface area contributed by atoms with Crippen molar-refractivity contribution in [3.8, 4) is 0 Å². The van der Waals surface area contributed by atoms with Crippen LogP contribution in [-0.2, 0) is 6.42 Å². The normalized spacial score (nSPS) is 11.4. The fourth-order valence-electron chi connectivity index (χ4n) is 1.62. The van der Waals surface area contributed by atoms with Crippen LogP contribution < -0.4 is 16.0 Å². The lowest BCUT2D eigenvalue weighted by atomic mass is 10.2. The molecular weight excluding hydrogens is 258 g/mol. The van der Waals surface area contributed by atoms with Gasteiger partial charge in [-0.2, -0.15) is 10.1 Å². The number of rotatable bonds is 3. The summed E-state index contributed by atoms with van der Waals surface area (Å²) in [5.74, 6) is 0. The Hall–Kier alpha value is -2.01. The van der Waals surface area contributed by atoms with Crippen LogP contribution in [0.4, 0.5) is 5.69 Å². The van der Waals surface area contributed by atoms with Crippen molar-refractivity contribution in [2.45, 2.75) is 13.3 Å². The molecule has 1 heterocycles. The number of nitrogens with one attached hydrogen (secondary N) is 2. The molecule has 0 aliphatic carbocycles. The van der Waals surface area contributed by atoms with Gasteiger partial charge in [-0.15, -0.1) is 0 Å². The highest BCUT2D eigenvalue weighted by Crippen LogP contribution is 2.04. The van der Waals surface area contributed by atoms with Gasteiger partial charge in [0.2, 0.25) is 0 Å². The predicted molar refractivity (Wildman–Crippen MR) is 80.5 cm³/mol. The highest BCUT2D eigenvalue weighted by atomic mass is 32.1. The van der Waals surface area contributed by atoms with Crippen LogP contribution in [0, 0.1) is 0 Å². The van der Waals surface area contributed by atoms with Crippen LogP contribution in [0.15, 0.2) is 53.5 Å². The number of thiol groups is 1. The second-order valence-electron chi connectivity index (χ2n) is 4.04. The molecular formula is C14H16N3OS+. The average Bonchev–Trinajstić information content (AvgIpc) is 2.42. The van der Waals surface area contributed by atoms with Crippen LogP contribution in [0.2, 0.25) is 0 Å². The van der Waals surface area contributed by atoms with Crippen molar-refractivity contribution in [1.29, 1.82) is 0 Å². The lowest BCUT2D eigenvalue weighted by Gasteiger charge is -2.00. The quantitative estimate of drug-likeness (QED) is 0.437. The molecule has 0 aliphatic rings. The van der Waals surface area contributed by atoms with Crippen LogP contribution in [0.1, 0.15) is 12.5 Å². The van der Waals surface area contributed by atoms with Gasteiger partial charge in [0.1, 0.15) is 5.69 Å². The third-order valence-corrected chi connectivity index (χ3v) is 2.89. The first kappa shape index (κ1) is 13.4. The van der Waals surface area contributed by atoms with Gasteiger partial charge in [0.05, 0.1) is 6.20 Å². The minimum atomic E-state index is -0.141. The van der Waals surface area contributed by atoms with E-state index in [1.54, 1.807) is 18.3 Å². The van der Waals surface area contributed by atoms with E-state index in [4.69, 9.17) is 0 Å². The summed E-state index contributed by atoms with van der Waals surface area (Å²) in [6, 6.07) is 13.0. The van der Waals surface area contributed by atoms with Gasteiger partial charge in [-0.25, -0.2) is 4.99 Å². The largest absolute Gasteiger partial charge is 0.330 e. The van der Waals surface area contributed by atoms with Crippen molar-refractivity contribution < 1.29 is 4.99 Å². The Labute approximate surface area is 117 Å². The fourth-order valence-corrected chi connectivity index (χ4v) is 1.86. The van der Waals surface area contributed by atoms with E-state index in [0.29, 0.717) is 5.17 Å². The minimum absolute atomic E-state index is 0.141. The molecule has 2 rings (SSSR count). The highest BCUT2D eigenvalue weighted by Gasteiger charge is 2.03. The first-order valence-corrected chi connectivity index (χ1v) is 6.50. The van der Waals surface area contributed by atoms with Gasteiger partial charge in [-0.3, -0.25) is 4.79 Å². The number of pyridine rings is 1. The lowest BCUT2D eigenvalue weighted by molar-refractivity contribution is -0.350. The molecule has 1 aromatic carbocycles. The zero-order valence-electron chi connectivity index (χ0n) is 10.6. The Balaban J connectivity index is 2.14. The molecule has 0 spiro atoms. The Morgan fingerprint density at radius 2 is 2.00 bits per heavy atom. The number of aryl methyl sites for hydroxylation is 1. The number of nitrogens with zero attached hydrogens (tertiary/aromatic N) is 1. The van der Waals surface area contributed by atoms with Crippen molar-refractivity contribution in [1.82, 2.24) is 4.68 Å². The van der Waals surface area contributed by atoms with Gasteiger partial charge in [-0.05, 0) is 30.2 Å². The molecule has 0 atom stereocenters. The van der Waals surface area contributed by atoms with Crippen LogP contribution in [0.3, 0.4) is 0 Å². The molecule has 19 heavy (non-hydrogen) atoms. The van der Waals surface area contributed by atoms with E-state index in [9.17, 15) is 4.79 Å². The van der Waals surface area contributed by atoms with E-state index in [-0.39, 0.29) is 5.56 Å². The fraction of sp³-hybridized carbons (Fsp3) is 0.143. The predicted octanol–water partition coefficient (Wildman–Crippen LogP) is 0.652. The smallest absolute Gasteiger partial charge is 0.266 e. The van der Waals surface area contributed by atoms with E-state index < -0.39 is 0 Å². The summed E-state index contributed by atoms with van der Waals surface area (Å²) < 4.78 is 1.36. The lowest BCUT2D eigenvalue weighted by Crippen LogP contribution is -2.68. The monoisotopic (exact) mass is 274 g/mol. The summed E-state index contributed by atoms with van der Waals surface area (Å²) in [6.07, 6.45) is 2.65. The van der Waals surface area contributed by atoms with Crippen molar-refractivity contribution in [2.24, 2.45) is 0 Å². The van der Waals surface area contributed by atoms with Crippen LogP contribution >= 0.6 is 12.6 Å². The second kappa shape index (κ2) is 6.24. The van der Waals surface area contributed by atoms with Crippen LogP contribution in [0.5, 0.6) is 0 Å². The number of aromatic nitrogens is 1. The number of benzene rings is 1. The molecule has 0 radical (unpaired) electrons. The van der Waals surface area contributed by atoms with E-state index in [1.165, 1.54) is 16.3 Å². The van der Waals surface area contributed by atoms with Gasteiger partial charge in [-0.1, -0.05) is 37.8 Å². The van der Waals surface area contributed by atoms with Crippen molar-refractivity contribution in [3.63, 3.8) is 0 Å². The summed E-state index contributed by atoms with van der Waals surface area (Å²) in [7, 11) is 0. The number of amidine groups is 1. The molecule has 2 aromatic rings. The molecule has 0 saturated heterocycles. The van der Waals surface area contributed by atoms with Crippen LogP contribution in [0.25, 0.3) is 0 Å². The summed E-state index contributed by atoms with van der Waals surface area (Å²) >= 11 is 4.28. The van der Waals surface area contributed by atoms with Gasteiger partial charge >= 0.3 is 5.17 Å². The minimum Gasteiger partial charge on any atom is -0.266 e. The maximum absolute atomic E-state index is 11.5. The van der Waals surface area contributed by atoms with Gasteiger partial charge in [0, 0.05) is 6.07 Å². The zero-order valence-corrected chi connectivity index (χ0v) is 11.5. The van der Waals surface area contributed by atoms with Gasteiger partial charge in [0.15, 0.2) is 0 Å². The maximum Gasteiger partial charge on any atom is 0.330 e. The van der Waals surface area contributed by atoms with E-state index >= 15 is 0 Å². The van der Waals surface area contributed by atoms with Gasteiger partial charge in [0.25, 0.3) is 5.56 Å². The van der Waals surface area contributed by atoms with Crippen molar-refractivity contribution in [3.05, 3.63) is 64.6 Å². The second-order valence-corrected chi connectivity index (χ2v) is 4.49. The molecule has 0 unspecified atom stereocenters. The third kappa shape index (κ3) is 3.72. The molecule has 0 aliphatic heterocycles. The standard InChI is InChI=1S/C14H15N3OS/c1-2-11-6-8-12(9-7-11)15-14(19)16-17-10-4-3-5-13(17)18/h3-10H,2H2,1H3,(H2,15,16,19)/p+1. The molecule has 98 valence electrons. The molecule has 0 bridgehead atoms. The topological polar surface area (TPSA) is 48.0 Å². The summed E-state index contributed by atoms with van der Waals surface area (Å²) in [4.78, 5) is 14.6. The summed E-state index contributed by atoms with van der Waals surface area (Å²) in [5, 5.41) is 0.484. The SMILES string of the molecule is CCc1ccc([NH+]=C(S)Nn2ccccc2=O)cc1. The van der Waals surface area contributed by atoms with E-state index in [2.05, 4.69) is 42.1 Å². The number of hydrogen-bond acceptors (Lipinski definition) is 1. The van der Waals surface area contributed by atoms with Crippen molar-refractivity contribution >= 4 is 23.5 Å². The Bertz CT molecular complexity index is 632. The number of hydrogen-bond donors (Lipinski definition) is 3. The van der Waals surface area contributed by atoms with E-state index in [1.807, 2.05) is 12.1 Å².